The number of esters is 2. The van der Waals surface area contributed by atoms with Gasteiger partial charge < -0.3 is 41.2 Å². The first-order valence-electron chi connectivity index (χ1n) is 23.1. The van der Waals surface area contributed by atoms with Gasteiger partial charge in [0, 0.05) is 60.5 Å². The molecule has 7 atom stereocenters. The molecule has 0 saturated carbocycles. The van der Waals surface area contributed by atoms with E-state index in [2.05, 4.69) is 42.5 Å². The SMILES string of the molecule is CC(=O)O[C@H]1C(=O)Nc2ccc(cc2)C[C@H](C(=O)N[C@@H](Cc2ccccc2)C(=O)O)CC(=O)[C@H](CCc2ccccc2)NC(=O)[C@@H](Cc2ccc(Br)cc2)NC(=O)[C@H](Cc2cccs2)NC(=O)[C@@H]1OC(C)=O. The van der Waals surface area contributed by atoms with Crippen molar-refractivity contribution in [2.45, 2.75) is 95.2 Å². The number of anilines is 1. The Labute approximate surface area is 428 Å². The number of aryl methyl sites for hydroxylation is 1. The van der Waals surface area contributed by atoms with Gasteiger partial charge >= 0.3 is 17.9 Å². The fraction of sp³-hybridized carbons (Fsp3) is 0.302. The first kappa shape index (κ1) is 53.8. The maximum absolute atomic E-state index is 14.8. The number of ether oxygens (including phenoxy) is 2. The lowest BCUT2D eigenvalue weighted by molar-refractivity contribution is -0.173. The Bertz CT molecular complexity index is 2710. The van der Waals surface area contributed by atoms with Crippen LogP contribution in [0.5, 0.6) is 0 Å². The number of halogens is 1. The highest BCUT2D eigenvalue weighted by molar-refractivity contribution is 9.10. The third-order valence-electron chi connectivity index (χ3n) is 11.7. The average molecular weight is 1070 g/mol. The van der Waals surface area contributed by atoms with Gasteiger partial charge in [-0.1, -0.05) is 107 Å². The Morgan fingerprint density at radius 2 is 1.22 bits per heavy atom. The summed E-state index contributed by atoms with van der Waals surface area (Å²) in [6.07, 6.45) is -4.67. The van der Waals surface area contributed by atoms with Crippen molar-refractivity contribution in [2.75, 3.05) is 5.32 Å². The third kappa shape index (κ3) is 16.3. The minimum Gasteiger partial charge on any atom is -0.480 e. The molecule has 3 heterocycles. The molecule has 376 valence electrons. The summed E-state index contributed by atoms with van der Waals surface area (Å²) in [6.45, 7) is 1.96. The molecule has 0 aliphatic carbocycles. The van der Waals surface area contributed by atoms with E-state index in [4.69, 9.17) is 9.47 Å². The molecule has 0 spiro atoms. The summed E-state index contributed by atoms with van der Waals surface area (Å²) >= 11 is 4.68. The van der Waals surface area contributed by atoms with E-state index in [0.29, 0.717) is 28.0 Å². The Morgan fingerprint density at radius 3 is 1.81 bits per heavy atom. The van der Waals surface area contributed by atoms with Crippen LogP contribution in [0.3, 0.4) is 0 Å². The molecule has 0 saturated heterocycles. The lowest BCUT2D eigenvalue weighted by Gasteiger charge is -2.28. The fourth-order valence-electron chi connectivity index (χ4n) is 8.04. The van der Waals surface area contributed by atoms with Gasteiger partial charge in [0.1, 0.15) is 18.1 Å². The summed E-state index contributed by atoms with van der Waals surface area (Å²) in [6, 6.07) is 28.8. The van der Waals surface area contributed by atoms with Crippen molar-refractivity contribution < 1.29 is 57.7 Å². The van der Waals surface area contributed by atoms with E-state index in [1.54, 1.807) is 84.2 Å². The molecule has 72 heavy (non-hydrogen) atoms. The molecule has 4 aromatic carbocycles. The highest BCUT2D eigenvalue weighted by atomic mass is 79.9. The Hall–Kier alpha value is -7.51. The number of benzene rings is 4. The number of hydrogen-bond acceptors (Lipinski definition) is 12. The van der Waals surface area contributed by atoms with E-state index in [0.717, 1.165) is 23.9 Å². The number of carbonyl (C=O) groups is 9. The van der Waals surface area contributed by atoms with Crippen LogP contribution < -0.4 is 26.6 Å². The quantitative estimate of drug-likeness (QED) is 0.0647. The highest BCUT2D eigenvalue weighted by Crippen LogP contribution is 2.22. The minimum atomic E-state index is -2.12. The summed E-state index contributed by atoms with van der Waals surface area (Å²) in [7, 11) is 0. The second-order valence-electron chi connectivity index (χ2n) is 17.2. The average Bonchev–Trinajstić information content (AvgIpc) is 3.87. The number of carboxylic acids is 1. The summed E-state index contributed by atoms with van der Waals surface area (Å²) in [4.78, 5) is 125. The molecule has 7 rings (SSSR count). The summed E-state index contributed by atoms with van der Waals surface area (Å²) < 4.78 is 11.4. The predicted octanol–water partition coefficient (Wildman–Crippen LogP) is 4.83. The molecule has 17 nitrogen and oxygen atoms in total. The van der Waals surface area contributed by atoms with Gasteiger partial charge in [0.2, 0.25) is 29.9 Å². The zero-order valence-corrected chi connectivity index (χ0v) is 41.7. The molecule has 0 radical (unpaired) electrons. The number of carbonyl (C=O) groups excluding carboxylic acids is 8. The Morgan fingerprint density at radius 1 is 0.653 bits per heavy atom. The van der Waals surface area contributed by atoms with Crippen LogP contribution in [0.25, 0.3) is 0 Å². The van der Waals surface area contributed by atoms with E-state index in [1.807, 2.05) is 30.3 Å². The van der Waals surface area contributed by atoms with Gasteiger partial charge in [-0.3, -0.25) is 38.4 Å². The van der Waals surface area contributed by atoms with Crippen LogP contribution in [0.15, 0.2) is 131 Å². The maximum atomic E-state index is 14.8. The molecule has 0 unspecified atom stereocenters. The van der Waals surface area contributed by atoms with E-state index >= 15 is 0 Å². The van der Waals surface area contributed by atoms with E-state index in [-0.39, 0.29) is 37.8 Å². The number of aliphatic carboxylic acids is 1. The Balaban J connectivity index is 1.44. The second-order valence-corrected chi connectivity index (χ2v) is 19.2. The number of thiophene rings is 1. The number of nitrogens with one attached hydrogen (secondary N) is 5. The summed E-state index contributed by atoms with van der Waals surface area (Å²) in [5.74, 6) is -9.73. The molecule has 2 aliphatic heterocycles. The normalized spacial score (nSPS) is 20.6. The van der Waals surface area contributed by atoms with Crippen LogP contribution in [-0.2, 0) is 84.7 Å². The van der Waals surface area contributed by atoms with Gasteiger partial charge in [-0.25, -0.2) is 4.79 Å². The van der Waals surface area contributed by atoms with Crippen LogP contribution in [-0.4, -0.2) is 94.7 Å². The van der Waals surface area contributed by atoms with Crippen molar-refractivity contribution in [3.8, 4) is 0 Å². The third-order valence-corrected chi connectivity index (χ3v) is 13.1. The molecule has 0 fully saturated rings. The monoisotopic (exact) mass is 1060 g/mol. The number of ketones is 1. The van der Waals surface area contributed by atoms with E-state index < -0.39 is 102 Å². The predicted molar refractivity (Wildman–Crippen MR) is 269 cm³/mol. The first-order valence-corrected chi connectivity index (χ1v) is 24.7. The second kappa shape index (κ2) is 26.1. The molecule has 19 heteroatoms. The minimum absolute atomic E-state index is 0.0554. The number of hydrogen-bond donors (Lipinski definition) is 6. The number of amides is 5. The number of Topliss-reactive ketones (excluding diaryl/α,β-unsaturated/α-hetero) is 1. The molecule has 6 N–H and O–H groups in total. The highest BCUT2D eigenvalue weighted by Gasteiger charge is 2.42. The maximum Gasteiger partial charge on any atom is 0.326 e. The van der Waals surface area contributed by atoms with Crippen molar-refractivity contribution in [1.82, 2.24) is 21.3 Å². The van der Waals surface area contributed by atoms with Gasteiger partial charge in [-0.05, 0) is 77.2 Å². The van der Waals surface area contributed by atoms with Crippen LogP contribution in [0.2, 0.25) is 0 Å². The Kier molecular flexibility index (Phi) is 19.5. The van der Waals surface area contributed by atoms with Crippen LogP contribution >= 0.6 is 27.3 Å². The standard InChI is InChI=1S/C53H54BrN5O12S/c1-31(60)70-46-47(71-32(2)61)52(67)58-43(30-40-14-9-25-72-40)50(65)57-42(27-36-15-20-38(54)21-16-36)49(64)56-41(24-19-33-10-5-3-6-11-33)45(62)29-37(26-35-17-22-39(23-18-35)55-51(46)66)48(63)59-44(53(68)69)28-34-12-7-4-8-13-34/h3-18,20-23,25,37,41-44,46-47H,19,24,26-30H2,1-2H3,(H,55,66)(H,56,64)(H,57,65)(H,58,67)(H,59,63)(H,68,69)/t37-,41-,42+,43-,44-,46+,47+/m0/s1. The summed E-state index contributed by atoms with van der Waals surface area (Å²) in [5.41, 5.74) is 2.70. The lowest BCUT2D eigenvalue weighted by Crippen LogP contribution is -2.59. The van der Waals surface area contributed by atoms with Crippen LogP contribution in [0.4, 0.5) is 5.69 Å². The molecule has 1 aromatic heterocycles. The molecule has 2 aliphatic rings. The van der Waals surface area contributed by atoms with Gasteiger partial charge in [0.05, 0.1) is 6.04 Å². The molecule has 2 bridgehead atoms. The zero-order chi connectivity index (χ0) is 51.7. The van der Waals surface area contributed by atoms with Crippen molar-refractivity contribution in [1.29, 1.82) is 0 Å². The van der Waals surface area contributed by atoms with Crippen molar-refractivity contribution in [3.05, 3.63) is 158 Å². The molecular weight excluding hydrogens is 1010 g/mol. The van der Waals surface area contributed by atoms with Crippen molar-refractivity contribution >= 4 is 86.2 Å². The fourth-order valence-corrected chi connectivity index (χ4v) is 9.06. The summed E-state index contributed by atoms with van der Waals surface area (Å²) in [5, 5.41) is 25.4. The number of carboxylic acid groups (broad SMARTS) is 1. The smallest absolute Gasteiger partial charge is 0.326 e. The van der Waals surface area contributed by atoms with Gasteiger partial charge in [-0.15, -0.1) is 11.3 Å². The first-order chi connectivity index (χ1) is 34.5. The number of fused-ring (bicyclic) bond motifs is 18. The molecule has 5 aromatic rings. The van der Waals surface area contributed by atoms with Crippen LogP contribution in [0.1, 0.15) is 53.8 Å². The van der Waals surface area contributed by atoms with E-state index in [1.165, 1.54) is 23.5 Å². The molecule has 5 amide bonds. The zero-order valence-electron chi connectivity index (χ0n) is 39.3. The van der Waals surface area contributed by atoms with Crippen LogP contribution in [0, 0.1) is 5.92 Å². The van der Waals surface area contributed by atoms with Crippen molar-refractivity contribution in [3.63, 3.8) is 0 Å². The molecular formula is C53H54BrN5O12S. The van der Waals surface area contributed by atoms with Gasteiger partial charge in [0.25, 0.3) is 11.8 Å². The topological polar surface area (TPSA) is 252 Å². The van der Waals surface area contributed by atoms with Gasteiger partial charge in [-0.2, -0.15) is 0 Å². The number of rotatable bonds is 14. The largest absolute Gasteiger partial charge is 0.480 e. The van der Waals surface area contributed by atoms with E-state index in [9.17, 15) is 48.3 Å². The lowest BCUT2D eigenvalue weighted by atomic mass is 9.89. The van der Waals surface area contributed by atoms with Crippen molar-refractivity contribution in [2.24, 2.45) is 5.92 Å². The van der Waals surface area contributed by atoms with Gasteiger partial charge in [0.15, 0.2) is 5.78 Å².